The summed E-state index contributed by atoms with van der Waals surface area (Å²) in [7, 11) is 5.64. The van der Waals surface area contributed by atoms with Crippen LogP contribution in [0.5, 0.6) is 0 Å². The molecule has 0 unspecified atom stereocenters. The van der Waals surface area contributed by atoms with Crippen LogP contribution in [0.1, 0.15) is 212 Å². The first kappa shape index (κ1) is 95.4. The molecule has 9 heterocycles. The molecule has 9 aliphatic rings. The van der Waals surface area contributed by atoms with E-state index in [1.165, 1.54) is 241 Å². The molecule has 9 aliphatic heterocycles. The Labute approximate surface area is 586 Å². The molecule has 24 nitrogen and oxygen atoms in total. The van der Waals surface area contributed by atoms with E-state index in [9.17, 15) is 33.6 Å². The second-order valence-corrected chi connectivity index (χ2v) is 25.0. The van der Waals surface area contributed by atoms with Crippen molar-refractivity contribution in [2.75, 3.05) is 186 Å². The van der Waals surface area contributed by atoms with Crippen LogP contribution in [-0.2, 0) is 52.5 Å². The molecular weight excluding hydrogens is 1210 g/mol. The molecule has 25 heteroatoms. The Bertz CT molecular complexity index is 1770. The number of carboxylic acid groups (broad SMARTS) is 3. The standard InChI is InChI=1S/C10H19NO2.2C9H17NO2.2C8H15NO2.C7H13NO2.C6H13N.C5H11N.C4H9N.C4H6O2.Li.H2O/c1-13-10(12)6-9-11-7-4-2-3-5-8-11;1-12-9(11)5-8-10-6-3-2-4-7-10;11-9(12)5-8-10-6-3-1-2-4-7-10;1-11-8(10)4-7-9-5-2-3-6-9;10-8(11)4-7-9-5-2-1-3-6-9;9-7(10)3-6-8-4-1-2-5-8;1-2-4-6-7-5-3-1;1-2-4-6-5-3-1;1-2-4-5-3-1;1-3-4(5)6-2;;/h2-9H2,1H3;2-8H2,1H3;1-8H2,(H,11,12);2-7H2,1H3;1-7H2,(H,10,11);1-6H2,(H,9,10);7H,1-6H2;6H,1-5H2;5H,1-4H2;3H,1H2,2H3;;1H2/q;;;;;;;;;;+1;/p-1. The largest absolute Gasteiger partial charge is 1.00 e. The van der Waals surface area contributed by atoms with Crippen LogP contribution in [0.25, 0.3) is 0 Å². The molecule has 0 atom stereocenters. The number of nitrogens with zero attached hydrogens (tertiary/aromatic N) is 6. The first-order valence-corrected chi connectivity index (χ1v) is 36.2. The van der Waals surface area contributed by atoms with E-state index in [4.69, 9.17) is 15.3 Å². The number of hydrogen-bond acceptors (Lipinski definition) is 21. The minimum atomic E-state index is -0.688. The van der Waals surface area contributed by atoms with Gasteiger partial charge in [0.1, 0.15) is 0 Å². The molecule has 0 saturated carbocycles. The van der Waals surface area contributed by atoms with E-state index in [0.29, 0.717) is 38.5 Å². The summed E-state index contributed by atoms with van der Waals surface area (Å²) in [6, 6.07) is 0. The Balaban J connectivity index is -0.000000999. The fourth-order valence-corrected chi connectivity index (χ4v) is 11.4. The van der Waals surface area contributed by atoms with E-state index in [1.54, 1.807) is 0 Å². The molecule has 9 rings (SSSR count). The number of rotatable bonds is 19. The summed E-state index contributed by atoms with van der Waals surface area (Å²) in [5, 5.41) is 35.1. The van der Waals surface area contributed by atoms with E-state index in [2.05, 4.69) is 70.9 Å². The first-order chi connectivity index (χ1) is 45.1. The van der Waals surface area contributed by atoms with Gasteiger partial charge in [0.05, 0.1) is 67.0 Å². The van der Waals surface area contributed by atoms with Crippen molar-refractivity contribution in [3.8, 4) is 0 Å². The predicted molar refractivity (Wildman–Crippen MR) is 373 cm³/mol. The fourth-order valence-electron chi connectivity index (χ4n) is 11.4. The van der Waals surface area contributed by atoms with Crippen molar-refractivity contribution in [2.24, 2.45) is 0 Å². The SMILES string of the molecule is C1CCCNCC1.C1CCNC1.C1CCNCC1.C=CC(=O)OC.COC(=O)CCN1CCCC1.COC(=O)CCN1CCCCC1.COC(=O)CCN1CCCCCC1.O=C(O)CCN1CCCC1.O=C(O)CCN1CCCCC1.O=C(O)CCN1CCCCCC1.[Li+].[OH-]. The normalized spacial score (nSPS) is 19.2. The van der Waals surface area contributed by atoms with E-state index in [-0.39, 0.29) is 42.2 Å². The molecular formula is C70H136LiN9O15. The zero-order valence-corrected chi connectivity index (χ0v) is 60.6. The number of aliphatic carboxylic acids is 3. The van der Waals surface area contributed by atoms with Gasteiger partial charge in [0.15, 0.2) is 0 Å². The van der Waals surface area contributed by atoms with Gasteiger partial charge in [-0.1, -0.05) is 64.4 Å². The van der Waals surface area contributed by atoms with Gasteiger partial charge in [-0.15, -0.1) is 0 Å². The number of likely N-dealkylation sites (tertiary alicyclic amines) is 6. The van der Waals surface area contributed by atoms with Crippen LogP contribution < -0.4 is 34.8 Å². The van der Waals surface area contributed by atoms with E-state index >= 15 is 0 Å². The Morgan fingerprint density at radius 2 is 0.474 bits per heavy atom. The van der Waals surface area contributed by atoms with Crippen LogP contribution in [0.3, 0.4) is 0 Å². The number of nitrogens with one attached hydrogen (secondary N) is 3. The van der Waals surface area contributed by atoms with Crippen LogP contribution in [0.15, 0.2) is 12.7 Å². The number of carboxylic acids is 3. The Kier molecular flexibility index (Phi) is 71.8. The maximum atomic E-state index is 10.9. The van der Waals surface area contributed by atoms with Crippen molar-refractivity contribution < 1.29 is 92.2 Å². The Hall–Kier alpha value is -3.77. The number of esters is 4. The van der Waals surface area contributed by atoms with E-state index < -0.39 is 23.9 Å². The van der Waals surface area contributed by atoms with Gasteiger partial charge < -0.3 is 85.1 Å². The average molecular weight is 1350 g/mol. The fraction of sp³-hybridized carbons (Fsp3) is 0.871. The van der Waals surface area contributed by atoms with Gasteiger partial charge in [0.2, 0.25) is 0 Å². The third kappa shape index (κ3) is 67.2. The Morgan fingerprint density at radius 3 is 0.642 bits per heavy atom. The monoisotopic (exact) mass is 1350 g/mol. The quantitative estimate of drug-likeness (QED) is 0.0408. The van der Waals surface area contributed by atoms with Crippen LogP contribution >= 0.6 is 0 Å². The topological polar surface area (TPSA) is 303 Å². The molecule has 0 radical (unpaired) electrons. The number of carbonyl (C=O) groups excluding carboxylic acids is 4. The van der Waals surface area contributed by atoms with Crippen LogP contribution in [0.4, 0.5) is 0 Å². The van der Waals surface area contributed by atoms with Gasteiger partial charge in [-0.05, 0) is 233 Å². The zero-order valence-electron chi connectivity index (χ0n) is 60.6. The van der Waals surface area contributed by atoms with Crippen molar-refractivity contribution in [3.05, 3.63) is 12.7 Å². The molecule has 0 aromatic heterocycles. The first-order valence-electron chi connectivity index (χ1n) is 36.2. The molecule has 0 bridgehead atoms. The summed E-state index contributed by atoms with van der Waals surface area (Å²) < 4.78 is 17.9. The molecule has 0 amide bonds. The van der Waals surface area contributed by atoms with E-state index in [0.717, 1.165) is 124 Å². The van der Waals surface area contributed by atoms with Gasteiger partial charge in [0.25, 0.3) is 0 Å². The molecule has 0 aromatic carbocycles. The van der Waals surface area contributed by atoms with Crippen molar-refractivity contribution in [1.82, 2.24) is 45.3 Å². The summed E-state index contributed by atoms with van der Waals surface area (Å²) in [5.41, 5.74) is 0. The van der Waals surface area contributed by atoms with Gasteiger partial charge in [-0.3, -0.25) is 28.8 Å². The van der Waals surface area contributed by atoms with E-state index in [1.807, 2.05) is 0 Å². The van der Waals surface area contributed by atoms with Crippen molar-refractivity contribution in [3.63, 3.8) is 0 Å². The minimum absolute atomic E-state index is 0. The predicted octanol–water partition coefficient (Wildman–Crippen LogP) is 5.40. The number of piperidine rings is 3. The van der Waals surface area contributed by atoms with Crippen LogP contribution in [0.2, 0.25) is 0 Å². The third-order valence-electron chi connectivity index (χ3n) is 17.2. The summed E-state index contributed by atoms with van der Waals surface area (Å²) in [6.45, 7) is 28.9. The molecule has 9 fully saturated rings. The molecule has 0 aliphatic carbocycles. The molecule has 7 N–H and O–H groups in total. The number of ether oxygens (including phenoxy) is 4. The maximum Gasteiger partial charge on any atom is 1.00 e. The van der Waals surface area contributed by atoms with Crippen LogP contribution in [0, 0.1) is 0 Å². The smallest absolute Gasteiger partial charge is 0.870 e. The van der Waals surface area contributed by atoms with Crippen molar-refractivity contribution in [1.29, 1.82) is 0 Å². The number of hydrogen-bond donors (Lipinski definition) is 6. The average Bonchev–Trinajstić information content (AvgIpc) is 4.48. The number of carbonyl (C=O) groups is 7. The number of methoxy groups -OCH3 is 4. The molecule has 552 valence electrons. The minimum Gasteiger partial charge on any atom is -0.870 e. The van der Waals surface area contributed by atoms with Gasteiger partial charge in [-0.25, -0.2) is 4.79 Å². The van der Waals surface area contributed by atoms with Gasteiger partial charge in [0, 0.05) is 45.3 Å². The van der Waals surface area contributed by atoms with Gasteiger partial charge in [-0.2, -0.15) is 0 Å². The molecule has 95 heavy (non-hydrogen) atoms. The Morgan fingerprint density at radius 1 is 0.305 bits per heavy atom. The third-order valence-corrected chi connectivity index (χ3v) is 17.2. The summed E-state index contributed by atoms with van der Waals surface area (Å²) in [4.78, 5) is 86.6. The van der Waals surface area contributed by atoms with Gasteiger partial charge >= 0.3 is 60.6 Å². The summed E-state index contributed by atoms with van der Waals surface area (Å²) in [5.74, 6) is -2.74. The second-order valence-electron chi connectivity index (χ2n) is 25.0. The maximum absolute atomic E-state index is 10.9. The molecule has 0 spiro atoms. The zero-order chi connectivity index (χ0) is 68.5. The second kappa shape index (κ2) is 71.5. The van der Waals surface area contributed by atoms with Crippen molar-refractivity contribution in [2.45, 2.75) is 212 Å². The summed E-state index contributed by atoms with van der Waals surface area (Å²) in [6.07, 6.45) is 39.3. The summed E-state index contributed by atoms with van der Waals surface area (Å²) >= 11 is 0. The van der Waals surface area contributed by atoms with Crippen molar-refractivity contribution >= 4 is 41.8 Å². The molecule has 9 saturated heterocycles. The van der Waals surface area contributed by atoms with Crippen LogP contribution in [-0.4, -0.2) is 277 Å². The molecule has 0 aromatic rings.